The van der Waals surface area contributed by atoms with Crippen molar-refractivity contribution in [3.05, 3.63) is 42.6 Å². The van der Waals surface area contributed by atoms with Gasteiger partial charge in [0.15, 0.2) is 5.82 Å². The quantitative estimate of drug-likeness (QED) is 0.914. The Morgan fingerprint density at radius 3 is 2.63 bits per heavy atom. The van der Waals surface area contributed by atoms with Gasteiger partial charge in [0.05, 0.1) is 0 Å². The van der Waals surface area contributed by atoms with Gasteiger partial charge in [-0.25, -0.2) is 4.98 Å². The molecule has 0 spiro atoms. The van der Waals surface area contributed by atoms with Gasteiger partial charge in [-0.2, -0.15) is 4.98 Å². The van der Waals surface area contributed by atoms with Gasteiger partial charge >= 0.3 is 0 Å². The van der Waals surface area contributed by atoms with Crippen LogP contribution in [0, 0.1) is 0 Å². The topological polar surface area (TPSA) is 47.0 Å². The maximum Gasteiger partial charge on any atom is 0.217 e. The van der Waals surface area contributed by atoms with Gasteiger partial charge in [0.1, 0.15) is 6.10 Å². The second kappa shape index (κ2) is 5.80. The van der Waals surface area contributed by atoms with Crippen molar-refractivity contribution in [1.29, 1.82) is 0 Å². The molecule has 1 saturated heterocycles. The first-order chi connectivity index (χ1) is 9.42. The minimum atomic E-state index is 0.264. The van der Waals surface area contributed by atoms with Gasteiger partial charge in [0.2, 0.25) is 5.88 Å². The molecule has 2 heterocycles. The highest BCUT2D eigenvalue weighted by Gasteiger charge is 2.15. The van der Waals surface area contributed by atoms with E-state index in [1.54, 1.807) is 6.20 Å². The van der Waals surface area contributed by atoms with Crippen molar-refractivity contribution in [3.8, 4) is 17.3 Å². The molecular formula is C15H17N3O. The Balaban J connectivity index is 1.76. The Morgan fingerprint density at radius 1 is 1.05 bits per heavy atom. The minimum Gasteiger partial charge on any atom is -0.474 e. The number of ether oxygens (including phenoxy) is 1. The third-order valence-corrected chi connectivity index (χ3v) is 3.24. The molecule has 1 N–H and O–H groups in total. The molecule has 3 rings (SSSR count). The molecule has 1 aromatic heterocycles. The van der Waals surface area contributed by atoms with E-state index in [-0.39, 0.29) is 6.10 Å². The van der Waals surface area contributed by atoms with Crippen LogP contribution in [0.2, 0.25) is 0 Å². The Kier molecular flexibility index (Phi) is 3.70. The van der Waals surface area contributed by atoms with E-state index in [9.17, 15) is 0 Å². The van der Waals surface area contributed by atoms with Gasteiger partial charge in [-0.3, -0.25) is 0 Å². The van der Waals surface area contributed by atoms with Crippen LogP contribution in [0.1, 0.15) is 12.8 Å². The van der Waals surface area contributed by atoms with Gasteiger partial charge < -0.3 is 10.1 Å². The highest BCUT2D eigenvalue weighted by Crippen LogP contribution is 2.18. The first-order valence-electron chi connectivity index (χ1n) is 6.68. The standard InChI is InChI=1S/C15H17N3O/c1-2-4-12(5-3-1)15-17-11-8-14(18-15)19-13-6-9-16-10-7-13/h1-5,8,11,13,16H,6-7,9-10H2. The van der Waals surface area contributed by atoms with Gasteiger partial charge in [-0.15, -0.1) is 0 Å². The summed E-state index contributed by atoms with van der Waals surface area (Å²) >= 11 is 0. The van der Waals surface area contributed by atoms with E-state index in [0.29, 0.717) is 11.7 Å². The van der Waals surface area contributed by atoms with Crippen molar-refractivity contribution in [1.82, 2.24) is 15.3 Å². The lowest BCUT2D eigenvalue weighted by Gasteiger charge is -2.23. The zero-order chi connectivity index (χ0) is 12.9. The summed E-state index contributed by atoms with van der Waals surface area (Å²) in [4.78, 5) is 8.78. The van der Waals surface area contributed by atoms with Crippen molar-refractivity contribution >= 4 is 0 Å². The van der Waals surface area contributed by atoms with Crippen LogP contribution in [0.5, 0.6) is 5.88 Å². The highest BCUT2D eigenvalue weighted by molar-refractivity contribution is 5.54. The molecule has 4 nitrogen and oxygen atoms in total. The molecule has 1 aliphatic heterocycles. The average molecular weight is 255 g/mol. The zero-order valence-corrected chi connectivity index (χ0v) is 10.7. The largest absolute Gasteiger partial charge is 0.474 e. The van der Waals surface area contributed by atoms with Crippen molar-refractivity contribution in [2.45, 2.75) is 18.9 Å². The van der Waals surface area contributed by atoms with Crippen LogP contribution in [0.25, 0.3) is 11.4 Å². The van der Waals surface area contributed by atoms with Crippen LogP contribution < -0.4 is 10.1 Å². The fraction of sp³-hybridized carbons (Fsp3) is 0.333. The monoisotopic (exact) mass is 255 g/mol. The van der Waals surface area contributed by atoms with Gasteiger partial charge in [0, 0.05) is 17.8 Å². The molecule has 0 bridgehead atoms. The highest BCUT2D eigenvalue weighted by atomic mass is 16.5. The lowest BCUT2D eigenvalue weighted by atomic mass is 10.1. The first-order valence-corrected chi connectivity index (χ1v) is 6.68. The predicted octanol–water partition coefficient (Wildman–Crippen LogP) is 2.27. The van der Waals surface area contributed by atoms with Crippen LogP contribution >= 0.6 is 0 Å². The summed E-state index contributed by atoms with van der Waals surface area (Å²) in [6.07, 6.45) is 4.08. The molecule has 0 atom stereocenters. The Morgan fingerprint density at radius 2 is 1.84 bits per heavy atom. The van der Waals surface area contributed by atoms with Crippen LogP contribution in [-0.4, -0.2) is 29.2 Å². The lowest BCUT2D eigenvalue weighted by molar-refractivity contribution is 0.156. The molecule has 1 fully saturated rings. The minimum absolute atomic E-state index is 0.264. The van der Waals surface area contributed by atoms with E-state index >= 15 is 0 Å². The van der Waals surface area contributed by atoms with E-state index in [1.807, 2.05) is 36.4 Å². The van der Waals surface area contributed by atoms with Gasteiger partial charge in [0.25, 0.3) is 0 Å². The summed E-state index contributed by atoms with van der Waals surface area (Å²) in [6.45, 7) is 2.03. The van der Waals surface area contributed by atoms with E-state index in [4.69, 9.17) is 4.74 Å². The molecule has 0 unspecified atom stereocenters. The molecule has 4 heteroatoms. The summed E-state index contributed by atoms with van der Waals surface area (Å²) in [5.74, 6) is 1.38. The van der Waals surface area contributed by atoms with Crippen LogP contribution in [0.15, 0.2) is 42.6 Å². The summed E-state index contributed by atoms with van der Waals surface area (Å²) in [5.41, 5.74) is 1.01. The van der Waals surface area contributed by atoms with Crippen molar-refractivity contribution < 1.29 is 4.74 Å². The fourth-order valence-electron chi connectivity index (χ4n) is 2.22. The van der Waals surface area contributed by atoms with Crippen LogP contribution in [-0.2, 0) is 0 Å². The van der Waals surface area contributed by atoms with E-state index in [0.717, 1.165) is 31.5 Å². The number of piperidine rings is 1. The molecule has 0 saturated carbocycles. The summed E-state index contributed by atoms with van der Waals surface area (Å²) in [7, 11) is 0. The smallest absolute Gasteiger partial charge is 0.217 e. The van der Waals surface area contributed by atoms with Crippen molar-refractivity contribution in [2.75, 3.05) is 13.1 Å². The molecule has 19 heavy (non-hydrogen) atoms. The third-order valence-electron chi connectivity index (χ3n) is 3.24. The van der Waals surface area contributed by atoms with Gasteiger partial charge in [-0.1, -0.05) is 30.3 Å². The zero-order valence-electron chi connectivity index (χ0n) is 10.7. The number of nitrogens with one attached hydrogen (secondary N) is 1. The van der Waals surface area contributed by atoms with E-state index < -0.39 is 0 Å². The SMILES string of the molecule is c1ccc(-c2nccc(OC3CCNCC3)n2)cc1. The third kappa shape index (κ3) is 3.09. The number of benzene rings is 1. The Hall–Kier alpha value is -1.94. The number of hydrogen-bond acceptors (Lipinski definition) is 4. The molecule has 0 aliphatic carbocycles. The van der Waals surface area contributed by atoms with E-state index in [1.165, 1.54) is 0 Å². The van der Waals surface area contributed by atoms with Crippen LogP contribution in [0.3, 0.4) is 0 Å². The molecule has 1 aliphatic rings. The number of aromatic nitrogens is 2. The number of nitrogens with zero attached hydrogens (tertiary/aromatic N) is 2. The second-order valence-corrected chi connectivity index (χ2v) is 4.65. The first kappa shape index (κ1) is 12.1. The Bertz CT molecular complexity index is 524. The van der Waals surface area contributed by atoms with Crippen molar-refractivity contribution in [3.63, 3.8) is 0 Å². The summed E-state index contributed by atoms with van der Waals surface area (Å²) in [6, 6.07) is 11.8. The molecule has 2 aromatic rings. The molecular weight excluding hydrogens is 238 g/mol. The molecule has 0 radical (unpaired) electrons. The molecule has 1 aromatic carbocycles. The van der Waals surface area contributed by atoms with Gasteiger partial charge in [-0.05, 0) is 25.9 Å². The average Bonchev–Trinajstić information content (AvgIpc) is 2.49. The van der Waals surface area contributed by atoms with Crippen LogP contribution in [0.4, 0.5) is 0 Å². The Labute approximate surface area is 112 Å². The normalized spacial score (nSPS) is 16.2. The predicted molar refractivity (Wildman–Crippen MR) is 74.0 cm³/mol. The number of rotatable bonds is 3. The molecule has 98 valence electrons. The fourth-order valence-corrected chi connectivity index (χ4v) is 2.22. The maximum absolute atomic E-state index is 5.93. The molecule has 0 amide bonds. The summed E-state index contributed by atoms with van der Waals surface area (Å²) < 4.78 is 5.93. The maximum atomic E-state index is 5.93. The summed E-state index contributed by atoms with van der Waals surface area (Å²) in [5, 5.41) is 3.32. The van der Waals surface area contributed by atoms with E-state index in [2.05, 4.69) is 15.3 Å². The van der Waals surface area contributed by atoms with Crippen molar-refractivity contribution in [2.24, 2.45) is 0 Å². The lowest BCUT2D eigenvalue weighted by Crippen LogP contribution is -2.34. The second-order valence-electron chi connectivity index (χ2n) is 4.65. The number of hydrogen-bond donors (Lipinski definition) is 1.